The molecule has 17 heavy (non-hydrogen) atoms. The van der Waals surface area contributed by atoms with Crippen molar-refractivity contribution in [3.8, 4) is 5.75 Å². The maximum Gasteiger partial charge on any atom is 0.185 e. The number of hydrogen-bond donors (Lipinski definition) is 0. The Morgan fingerprint density at radius 3 is 2.24 bits per heavy atom. The van der Waals surface area contributed by atoms with E-state index in [1.54, 1.807) is 31.4 Å². The fourth-order valence-corrected chi connectivity index (χ4v) is 2.00. The van der Waals surface area contributed by atoms with Crippen LogP contribution in [0.3, 0.4) is 0 Å². The third-order valence-corrected chi connectivity index (χ3v) is 4.14. The largest absolute Gasteiger partial charge is 0.497 e. The number of hydrogen-bond acceptors (Lipinski definition) is 2. The van der Waals surface area contributed by atoms with Crippen LogP contribution in [0.2, 0.25) is 0 Å². The van der Waals surface area contributed by atoms with Gasteiger partial charge in [0.25, 0.3) is 0 Å². The SMILES string of the molecule is COc1ccc(C(=O)C(Cl)(CCl)C(C)C)cc1. The lowest BCUT2D eigenvalue weighted by atomic mass is 9.88. The molecule has 0 saturated heterocycles. The third kappa shape index (κ3) is 2.93. The summed E-state index contributed by atoms with van der Waals surface area (Å²) in [5, 5.41) is 0. The summed E-state index contributed by atoms with van der Waals surface area (Å²) in [6, 6.07) is 6.87. The molecule has 0 heterocycles. The minimum Gasteiger partial charge on any atom is -0.497 e. The van der Waals surface area contributed by atoms with Crippen LogP contribution in [-0.4, -0.2) is 23.6 Å². The fourth-order valence-electron chi connectivity index (χ4n) is 1.46. The van der Waals surface area contributed by atoms with Crippen LogP contribution in [0.1, 0.15) is 24.2 Å². The number of alkyl halides is 2. The van der Waals surface area contributed by atoms with Crippen molar-refractivity contribution in [3.05, 3.63) is 29.8 Å². The van der Waals surface area contributed by atoms with Crippen LogP contribution in [0.4, 0.5) is 0 Å². The zero-order chi connectivity index (χ0) is 13.1. The summed E-state index contributed by atoms with van der Waals surface area (Å²) in [7, 11) is 1.58. The molecule has 1 aromatic rings. The van der Waals surface area contributed by atoms with Gasteiger partial charge in [-0.15, -0.1) is 23.2 Å². The number of ketones is 1. The molecular weight excluding hydrogens is 259 g/mol. The third-order valence-electron chi connectivity index (χ3n) is 2.84. The van der Waals surface area contributed by atoms with Crippen molar-refractivity contribution in [3.63, 3.8) is 0 Å². The molecule has 0 aliphatic carbocycles. The maximum atomic E-state index is 12.3. The smallest absolute Gasteiger partial charge is 0.185 e. The molecule has 0 N–H and O–H groups in total. The number of carbonyl (C=O) groups is 1. The summed E-state index contributed by atoms with van der Waals surface area (Å²) in [4.78, 5) is 11.2. The van der Waals surface area contributed by atoms with Gasteiger partial charge in [-0.3, -0.25) is 4.79 Å². The van der Waals surface area contributed by atoms with Crippen molar-refractivity contribution in [1.29, 1.82) is 0 Å². The summed E-state index contributed by atoms with van der Waals surface area (Å²) in [6.45, 7) is 3.77. The van der Waals surface area contributed by atoms with Gasteiger partial charge in [0.15, 0.2) is 5.78 Å². The molecule has 94 valence electrons. The highest BCUT2D eigenvalue weighted by atomic mass is 35.5. The molecule has 0 amide bonds. The standard InChI is InChI=1S/C13H16Cl2O2/c1-9(2)13(15,8-14)12(16)10-4-6-11(17-3)7-5-10/h4-7,9H,8H2,1-3H3. The topological polar surface area (TPSA) is 26.3 Å². The summed E-state index contributed by atoms with van der Waals surface area (Å²) in [5.74, 6) is 0.622. The molecule has 0 aromatic heterocycles. The van der Waals surface area contributed by atoms with Crippen LogP contribution in [0, 0.1) is 5.92 Å². The second-order valence-electron chi connectivity index (χ2n) is 4.21. The Morgan fingerprint density at radius 2 is 1.88 bits per heavy atom. The number of carbonyl (C=O) groups excluding carboxylic acids is 1. The molecule has 0 aliphatic heterocycles. The predicted octanol–water partition coefficient (Wildman–Crippen LogP) is 3.75. The highest BCUT2D eigenvalue weighted by Gasteiger charge is 2.39. The lowest BCUT2D eigenvalue weighted by Gasteiger charge is -2.27. The lowest BCUT2D eigenvalue weighted by molar-refractivity contribution is 0.0924. The Morgan fingerprint density at radius 1 is 1.35 bits per heavy atom. The van der Waals surface area contributed by atoms with Crippen molar-refractivity contribution in [2.24, 2.45) is 5.92 Å². The first-order chi connectivity index (χ1) is 7.95. The number of Topliss-reactive ketones (excluding diaryl/α,β-unsaturated/α-hetero) is 1. The van der Waals surface area contributed by atoms with E-state index in [0.717, 1.165) is 0 Å². The molecular formula is C13H16Cl2O2. The Bertz CT molecular complexity index is 387. The van der Waals surface area contributed by atoms with E-state index < -0.39 is 4.87 Å². The molecule has 1 atom stereocenters. The Kier molecular flexibility index (Phi) is 4.84. The molecule has 0 aliphatic rings. The number of methoxy groups -OCH3 is 1. The van der Waals surface area contributed by atoms with Crippen LogP contribution in [-0.2, 0) is 0 Å². The average molecular weight is 275 g/mol. The first-order valence-electron chi connectivity index (χ1n) is 5.39. The molecule has 2 nitrogen and oxygen atoms in total. The summed E-state index contributed by atoms with van der Waals surface area (Å²) in [5.41, 5.74) is 0.551. The minimum atomic E-state index is -1.05. The van der Waals surface area contributed by atoms with Crippen molar-refractivity contribution in [2.45, 2.75) is 18.7 Å². The van der Waals surface area contributed by atoms with Crippen molar-refractivity contribution in [2.75, 3.05) is 13.0 Å². The first-order valence-corrected chi connectivity index (χ1v) is 6.30. The van der Waals surface area contributed by atoms with E-state index in [9.17, 15) is 4.79 Å². The van der Waals surface area contributed by atoms with E-state index in [2.05, 4.69) is 0 Å². The monoisotopic (exact) mass is 274 g/mol. The van der Waals surface area contributed by atoms with Gasteiger partial charge in [-0.2, -0.15) is 0 Å². The van der Waals surface area contributed by atoms with Crippen LogP contribution < -0.4 is 4.74 Å². The van der Waals surface area contributed by atoms with Crippen molar-refractivity contribution in [1.82, 2.24) is 0 Å². The van der Waals surface area contributed by atoms with Gasteiger partial charge >= 0.3 is 0 Å². The molecule has 0 spiro atoms. The Balaban J connectivity index is 3.02. The summed E-state index contributed by atoms with van der Waals surface area (Å²) in [6.07, 6.45) is 0. The summed E-state index contributed by atoms with van der Waals surface area (Å²) < 4.78 is 5.04. The molecule has 0 fully saturated rings. The number of rotatable bonds is 5. The van der Waals surface area contributed by atoms with Gasteiger partial charge in [-0.25, -0.2) is 0 Å². The van der Waals surface area contributed by atoms with E-state index in [0.29, 0.717) is 11.3 Å². The average Bonchev–Trinajstić information content (AvgIpc) is 2.36. The van der Waals surface area contributed by atoms with Crippen LogP contribution in [0.25, 0.3) is 0 Å². The van der Waals surface area contributed by atoms with Gasteiger partial charge in [-0.1, -0.05) is 13.8 Å². The first kappa shape index (κ1) is 14.3. The highest BCUT2D eigenvalue weighted by molar-refractivity contribution is 6.42. The zero-order valence-electron chi connectivity index (χ0n) is 10.2. The van der Waals surface area contributed by atoms with E-state index >= 15 is 0 Å². The fraction of sp³-hybridized carbons (Fsp3) is 0.462. The van der Waals surface area contributed by atoms with E-state index in [-0.39, 0.29) is 17.6 Å². The molecule has 1 rings (SSSR count). The van der Waals surface area contributed by atoms with Crippen LogP contribution in [0.15, 0.2) is 24.3 Å². The number of ether oxygens (including phenoxy) is 1. The van der Waals surface area contributed by atoms with Crippen LogP contribution >= 0.6 is 23.2 Å². The molecule has 1 unspecified atom stereocenters. The Hall–Kier alpha value is -0.730. The lowest BCUT2D eigenvalue weighted by Crippen LogP contribution is -2.40. The van der Waals surface area contributed by atoms with E-state index in [4.69, 9.17) is 27.9 Å². The van der Waals surface area contributed by atoms with Crippen molar-refractivity contribution >= 4 is 29.0 Å². The normalized spacial score (nSPS) is 14.5. The van der Waals surface area contributed by atoms with Gasteiger partial charge < -0.3 is 4.74 Å². The Labute approximate surface area is 112 Å². The predicted molar refractivity (Wildman–Crippen MR) is 71.5 cm³/mol. The number of benzene rings is 1. The van der Waals surface area contributed by atoms with Crippen molar-refractivity contribution < 1.29 is 9.53 Å². The molecule has 0 bridgehead atoms. The van der Waals surface area contributed by atoms with Crippen LogP contribution in [0.5, 0.6) is 5.75 Å². The van der Waals surface area contributed by atoms with E-state index in [1.807, 2.05) is 13.8 Å². The van der Waals surface area contributed by atoms with Gasteiger partial charge in [0.2, 0.25) is 0 Å². The second kappa shape index (κ2) is 5.74. The van der Waals surface area contributed by atoms with Gasteiger partial charge in [-0.05, 0) is 30.2 Å². The second-order valence-corrected chi connectivity index (χ2v) is 5.15. The highest BCUT2D eigenvalue weighted by Crippen LogP contribution is 2.31. The van der Waals surface area contributed by atoms with Gasteiger partial charge in [0, 0.05) is 11.4 Å². The summed E-state index contributed by atoms with van der Waals surface area (Å²) >= 11 is 12.1. The molecule has 1 aromatic carbocycles. The maximum absolute atomic E-state index is 12.3. The molecule has 0 saturated carbocycles. The quantitative estimate of drug-likeness (QED) is 0.604. The molecule has 0 radical (unpaired) electrons. The minimum absolute atomic E-state index is 0.0312. The molecule has 4 heteroatoms. The van der Waals surface area contributed by atoms with E-state index in [1.165, 1.54) is 0 Å². The van der Waals surface area contributed by atoms with Gasteiger partial charge in [0.05, 0.1) is 7.11 Å². The van der Waals surface area contributed by atoms with Gasteiger partial charge in [0.1, 0.15) is 10.6 Å². The number of halogens is 2. The zero-order valence-corrected chi connectivity index (χ0v) is 11.7.